The van der Waals surface area contributed by atoms with Crippen LogP contribution in [0.25, 0.3) is 0 Å². The quantitative estimate of drug-likeness (QED) is 0.766. The molecule has 1 fully saturated rings. The van der Waals surface area contributed by atoms with Gasteiger partial charge in [0.1, 0.15) is 5.75 Å². The molecule has 0 saturated heterocycles. The summed E-state index contributed by atoms with van der Waals surface area (Å²) in [6, 6.07) is 5.51. The normalized spacial score (nSPS) is 18.0. The van der Waals surface area contributed by atoms with Gasteiger partial charge in [0.2, 0.25) is 0 Å². The number of ether oxygens (including phenoxy) is 1. The van der Waals surface area contributed by atoms with E-state index in [1.807, 2.05) is 12.1 Å². The fourth-order valence-electron chi connectivity index (χ4n) is 2.05. The summed E-state index contributed by atoms with van der Waals surface area (Å²) in [5, 5.41) is 0. The molecule has 15 heavy (non-hydrogen) atoms. The van der Waals surface area contributed by atoms with Crippen LogP contribution in [0.5, 0.6) is 5.75 Å². The van der Waals surface area contributed by atoms with Gasteiger partial charge in [-0.25, -0.2) is 0 Å². The second-order valence-corrected chi connectivity index (χ2v) is 4.08. The Morgan fingerprint density at radius 1 is 1.47 bits per heavy atom. The molecular formula is C12H15NO2. The summed E-state index contributed by atoms with van der Waals surface area (Å²) in [4.78, 5) is 11.0. The van der Waals surface area contributed by atoms with Crippen LogP contribution >= 0.6 is 0 Å². The third kappa shape index (κ3) is 1.63. The lowest BCUT2D eigenvalue weighted by molar-refractivity contribution is 0.111. The van der Waals surface area contributed by atoms with E-state index < -0.39 is 0 Å². The van der Waals surface area contributed by atoms with Crippen LogP contribution in [0.15, 0.2) is 18.2 Å². The molecule has 1 aromatic rings. The van der Waals surface area contributed by atoms with Crippen molar-refractivity contribution in [3.8, 4) is 5.75 Å². The van der Waals surface area contributed by atoms with Crippen LogP contribution in [0.4, 0.5) is 0 Å². The molecule has 1 aliphatic rings. The molecule has 1 aliphatic carbocycles. The lowest BCUT2D eigenvalue weighted by Crippen LogP contribution is -2.44. The van der Waals surface area contributed by atoms with E-state index in [0.717, 1.165) is 31.1 Å². The minimum Gasteiger partial charge on any atom is -0.497 e. The van der Waals surface area contributed by atoms with E-state index in [2.05, 4.69) is 0 Å². The predicted molar refractivity (Wildman–Crippen MR) is 58.1 cm³/mol. The first kappa shape index (κ1) is 10.2. The van der Waals surface area contributed by atoms with Crippen LogP contribution < -0.4 is 10.5 Å². The van der Waals surface area contributed by atoms with Gasteiger partial charge in [0, 0.05) is 11.1 Å². The van der Waals surface area contributed by atoms with Crippen LogP contribution in [-0.4, -0.2) is 13.4 Å². The average molecular weight is 205 g/mol. The Labute approximate surface area is 89.2 Å². The molecule has 0 unspecified atom stereocenters. The van der Waals surface area contributed by atoms with E-state index in [1.165, 1.54) is 0 Å². The van der Waals surface area contributed by atoms with Crippen molar-refractivity contribution in [2.75, 3.05) is 7.11 Å². The lowest BCUT2D eigenvalue weighted by atomic mass is 9.71. The molecule has 0 atom stereocenters. The fourth-order valence-corrected chi connectivity index (χ4v) is 2.05. The molecule has 0 radical (unpaired) electrons. The second kappa shape index (κ2) is 3.66. The standard InChI is InChI=1S/C12H15NO2/c1-15-10-3-4-11(9(7-10)8-14)12(13)5-2-6-12/h3-4,7-8H,2,5-6,13H2,1H3. The van der Waals surface area contributed by atoms with Crippen LogP contribution in [0.2, 0.25) is 0 Å². The summed E-state index contributed by atoms with van der Waals surface area (Å²) in [6.45, 7) is 0. The largest absolute Gasteiger partial charge is 0.497 e. The van der Waals surface area contributed by atoms with Gasteiger partial charge >= 0.3 is 0 Å². The highest BCUT2D eigenvalue weighted by atomic mass is 16.5. The number of aldehydes is 1. The van der Waals surface area contributed by atoms with Crippen LogP contribution in [0, 0.1) is 0 Å². The van der Waals surface area contributed by atoms with Crippen molar-refractivity contribution in [1.82, 2.24) is 0 Å². The van der Waals surface area contributed by atoms with Gasteiger partial charge < -0.3 is 10.5 Å². The highest BCUT2D eigenvalue weighted by Crippen LogP contribution is 2.40. The van der Waals surface area contributed by atoms with Crippen LogP contribution in [0.1, 0.15) is 35.2 Å². The molecule has 3 heteroatoms. The number of rotatable bonds is 3. The van der Waals surface area contributed by atoms with Gasteiger partial charge in [0.25, 0.3) is 0 Å². The maximum Gasteiger partial charge on any atom is 0.150 e. The van der Waals surface area contributed by atoms with Crippen molar-refractivity contribution in [3.63, 3.8) is 0 Å². The zero-order valence-corrected chi connectivity index (χ0v) is 8.82. The van der Waals surface area contributed by atoms with E-state index in [-0.39, 0.29) is 5.54 Å². The summed E-state index contributed by atoms with van der Waals surface area (Å²) in [7, 11) is 1.59. The number of benzene rings is 1. The predicted octanol–water partition coefficient (Wildman–Crippen LogP) is 1.85. The van der Waals surface area contributed by atoms with E-state index in [9.17, 15) is 4.79 Å². The number of hydrogen-bond donors (Lipinski definition) is 1. The highest BCUT2D eigenvalue weighted by Gasteiger charge is 2.36. The van der Waals surface area contributed by atoms with Crippen molar-refractivity contribution in [3.05, 3.63) is 29.3 Å². The Morgan fingerprint density at radius 3 is 2.67 bits per heavy atom. The van der Waals surface area contributed by atoms with Gasteiger partial charge in [-0.05, 0) is 37.0 Å². The van der Waals surface area contributed by atoms with E-state index >= 15 is 0 Å². The van der Waals surface area contributed by atoms with Gasteiger partial charge in [-0.15, -0.1) is 0 Å². The zero-order chi connectivity index (χ0) is 10.9. The van der Waals surface area contributed by atoms with Crippen molar-refractivity contribution >= 4 is 6.29 Å². The molecule has 0 amide bonds. The SMILES string of the molecule is COc1ccc(C2(N)CCC2)c(C=O)c1. The van der Waals surface area contributed by atoms with E-state index in [1.54, 1.807) is 13.2 Å². The Kier molecular flexibility index (Phi) is 2.49. The molecule has 2 rings (SSSR count). The number of methoxy groups -OCH3 is 1. The molecule has 1 saturated carbocycles. The highest BCUT2D eigenvalue weighted by molar-refractivity contribution is 5.79. The third-order valence-electron chi connectivity index (χ3n) is 3.17. The Bertz CT molecular complexity index is 383. The Hall–Kier alpha value is -1.35. The number of carbonyl (C=O) groups is 1. The minimum absolute atomic E-state index is 0.289. The topological polar surface area (TPSA) is 52.3 Å². The molecular weight excluding hydrogens is 190 g/mol. The number of carbonyl (C=O) groups excluding carboxylic acids is 1. The van der Waals surface area contributed by atoms with Gasteiger partial charge in [0.05, 0.1) is 7.11 Å². The van der Waals surface area contributed by atoms with E-state index in [0.29, 0.717) is 11.3 Å². The molecule has 0 spiro atoms. The number of hydrogen-bond acceptors (Lipinski definition) is 3. The summed E-state index contributed by atoms with van der Waals surface area (Å²) in [5.41, 5.74) is 7.50. The first-order chi connectivity index (χ1) is 7.19. The molecule has 0 bridgehead atoms. The fraction of sp³-hybridized carbons (Fsp3) is 0.417. The first-order valence-corrected chi connectivity index (χ1v) is 5.12. The summed E-state index contributed by atoms with van der Waals surface area (Å²) >= 11 is 0. The first-order valence-electron chi connectivity index (χ1n) is 5.12. The maximum absolute atomic E-state index is 11.0. The zero-order valence-electron chi connectivity index (χ0n) is 8.82. The lowest BCUT2D eigenvalue weighted by Gasteiger charge is -2.39. The molecule has 0 aliphatic heterocycles. The molecule has 2 N–H and O–H groups in total. The monoisotopic (exact) mass is 205 g/mol. The smallest absolute Gasteiger partial charge is 0.150 e. The van der Waals surface area contributed by atoms with Gasteiger partial charge in [-0.3, -0.25) is 4.79 Å². The maximum atomic E-state index is 11.0. The summed E-state index contributed by atoms with van der Waals surface area (Å²) in [5.74, 6) is 0.698. The Balaban J connectivity index is 2.42. The van der Waals surface area contributed by atoms with Crippen molar-refractivity contribution in [2.45, 2.75) is 24.8 Å². The average Bonchev–Trinajstić information content (AvgIpc) is 2.25. The summed E-state index contributed by atoms with van der Waals surface area (Å²) < 4.78 is 5.08. The van der Waals surface area contributed by atoms with E-state index in [4.69, 9.17) is 10.5 Å². The van der Waals surface area contributed by atoms with Crippen molar-refractivity contribution in [1.29, 1.82) is 0 Å². The molecule has 0 heterocycles. The van der Waals surface area contributed by atoms with Gasteiger partial charge in [-0.2, -0.15) is 0 Å². The molecule has 80 valence electrons. The van der Waals surface area contributed by atoms with Crippen LogP contribution in [-0.2, 0) is 5.54 Å². The van der Waals surface area contributed by atoms with Crippen molar-refractivity contribution in [2.24, 2.45) is 5.73 Å². The Morgan fingerprint density at radius 2 is 2.20 bits per heavy atom. The minimum atomic E-state index is -0.289. The molecule has 0 aromatic heterocycles. The molecule has 1 aromatic carbocycles. The molecule has 3 nitrogen and oxygen atoms in total. The van der Waals surface area contributed by atoms with Gasteiger partial charge in [-0.1, -0.05) is 6.07 Å². The number of nitrogens with two attached hydrogens (primary N) is 1. The summed E-state index contributed by atoms with van der Waals surface area (Å²) in [6.07, 6.45) is 3.91. The van der Waals surface area contributed by atoms with Crippen LogP contribution in [0.3, 0.4) is 0 Å². The second-order valence-electron chi connectivity index (χ2n) is 4.08. The van der Waals surface area contributed by atoms with Crippen molar-refractivity contribution < 1.29 is 9.53 Å². The van der Waals surface area contributed by atoms with Gasteiger partial charge in [0.15, 0.2) is 6.29 Å². The third-order valence-corrected chi connectivity index (χ3v) is 3.17.